The van der Waals surface area contributed by atoms with Crippen molar-refractivity contribution in [1.29, 1.82) is 0 Å². The number of aromatic hydroxyl groups is 2. The molecule has 3 aromatic rings. The third-order valence-electron chi connectivity index (χ3n) is 7.27. The fourth-order valence-electron chi connectivity index (χ4n) is 4.77. The predicted molar refractivity (Wildman–Crippen MR) is 143 cm³/mol. The molecule has 10 nitrogen and oxygen atoms in total. The van der Waals surface area contributed by atoms with Crippen molar-refractivity contribution in [2.75, 3.05) is 32.7 Å². The number of phenols is 2. The summed E-state index contributed by atoms with van der Waals surface area (Å²) < 4.78 is 1.59. The number of hydrogen-bond donors (Lipinski definition) is 3. The van der Waals surface area contributed by atoms with Crippen LogP contribution in [0.4, 0.5) is 0 Å². The molecule has 1 aromatic heterocycles. The third-order valence-corrected chi connectivity index (χ3v) is 7.27. The minimum Gasteiger partial charge on any atom is -0.508 e. The number of aromatic nitrogens is 3. The van der Waals surface area contributed by atoms with E-state index in [0.29, 0.717) is 35.5 Å². The van der Waals surface area contributed by atoms with Crippen LogP contribution in [-0.2, 0) is 0 Å². The number of phenolic OH excluding ortho intramolecular Hbond substituents is 2. The molecule has 0 bridgehead atoms. The van der Waals surface area contributed by atoms with Gasteiger partial charge >= 0.3 is 0 Å². The Morgan fingerprint density at radius 2 is 1.68 bits per heavy atom. The Morgan fingerprint density at radius 3 is 2.29 bits per heavy atom. The highest BCUT2D eigenvalue weighted by Gasteiger charge is 2.29. The molecule has 2 aromatic carbocycles. The number of carbonyl (C=O) groups is 2. The van der Waals surface area contributed by atoms with E-state index in [4.69, 9.17) is 0 Å². The van der Waals surface area contributed by atoms with Gasteiger partial charge in [-0.05, 0) is 61.2 Å². The number of likely N-dealkylation sites (N-methyl/N-ethyl adjacent to an activating group) is 1. The molecule has 0 spiro atoms. The van der Waals surface area contributed by atoms with Crippen LogP contribution in [0.25, 0.3) is 17.1 Å². The Hall–Kier alpha value is -3.92. The summed E-state index contributed by atoms with van der Waals surface area (Å²) in [5.74, 6) is -0.231. The molecule has 2 fully saturated rings. The predicted octanol–water partition coefficient (Wildman–Crippen LogP) is 3.14. The lowest BCUT2D eigenvalue weighted by molar-refractivity contribution is 0.0643. The van der Waals surface area contributed by atoms with Crippen LogP contribution in [0.1, 0.15) is 66.1 Å². The lowest BCUT2D eigenvalue weighted by Crippen LogP contribution is -2.48. The van der Waals surface area contributed by atoms with E-state index in [2.05, 4.69) is 27.3 Å². The number of hydrogen-bond acceptors (Lipinski definition) is 7. The Kier molecular flexibility index (Phi) is 7.07. The molecule has 200 valence electrons. The highest BCUT2D eigenvalue weighted by molar-refractivity contribution is 5.95. The zero-order chi connectivity index (χ0) is 27.0. The van der Waals surface area contributed by atoms with Gasteiger partial charge in [0.15, 0.2) is 5.82 Å². The van der Waals surface area contributed by atoms with E-state index < -0.39 is 0 Å². The monoisotopic (exact) mass is 518 g/mol. The van der Waals surface area contributed by atoms with Crippen LogP contribution in [0.3, 0.4) is 0 Å². The van der Waals surface area contributed by atoms with E-state index in [1.54, 1.807) is 34.9 Å². The molecule has 10 heteroatoms. The summed E-state index contributed by atoms with van der Waals surface area (Å²) in [7, 11) is 0. The van der Waals surface area contributed by atoms with E-state index in [1.165, 1.54) is 6.07 Å². The molecule has 1 aliphatic carbocycles. The second kappa shape index (κ2) is 10.4. The molecule has 0 unspecified atom stereocenters. The van der Waals surface area contributed by atoms with Gasteiger partial charge in [0.25, 0.3) is 11.8 Å². The highest BCUT2D eigenvalue weighted by atomic mass is 16.3. The second-order valence-corrected chi connectivity index (χ2v) is 10.3. The molecule has 2 heterocycles. The number of piperazine rings is 1. The molecule has 0 radical (unpaired) electrons. The highest BCUT2D eigenvalue weighted by Crippen LogP contribution is 2.38. The maximum Gasteiger partial charge on any atom is 0.289 e. The van der Waals surface area contributed by atoms with Gasteiger partial charge in [-0.3, -0.25) is 14.2 Å². The lowest BCUT2D eigenvalue weighted by atomic mass is 9.98. The second-order valence-electron chi connectivity index (χ2n) is 10.3. The molecule has 0 atom stereocenters. The van der Waals surface area contributed by atoms with Gasteiger partial charge in [-0.15, -0.1) is 10.2 Å². The summed E-state index contributed by atoms with van der Waals surface area (Å²) in [5, 5.41) is 32.5. The minimum atomic E-state index is -0.359. The standard InChI is InChI=1S/C28H34N6O4/c1-4-32-11-13-33(14-12-32)28(38)18-5-9-20(10-6-18)34-25(30-31-26(34)27(37)29-19-7-8-19)22-15-21(17(2)3)23(35)16-24(22)36/h5-6,9-10,15-17,19,35-36H,4,7-8,11-14H2,1-3H3,(H,29,37). The average molecular weight is 519 g/mol. The van der Waals surface area contributed by atoms with E-state index in [1.807, 2.05) is 18.7 Å². The van der Waals surface area contributed by atoms with E-state index in [9.17, 15) is 19.8 Å². The number of rotatable bonds is 7. The van der Waals surface area contributed by atoms with Crippen LogP contribution in [0.2, 0.25) is 0 Å². The average Bonchev–Trinajstić information content (AvgIpc) is 3.62. The first-order valence-electron chi connectivity index (χ1n) is 13.2. The number of benzene rings is 2. The number of carbonyl (C=O) groups excluding carboxylic acids is 2. The summed E-state index contributed by atoms with van der Waals surface area (Å²) in [5.41, 5.74) is 2.13. The molecule has 2 aliphatic rings. The van der Waals surface area contributed by atoms with Crippen molar-refractivity contribution >= 4 is 11.8 Å². The van der Waals surface area contributed by atoms with Crippen molar-refractivity contribution in [3.05, 3.63) is 53.3 Å². The van der Waals surface area contributed by atoms with Gasteiger partial charge in [0, 0.05) is 49.5 Å². The fraction of sp³-hybridized carbons (Fsp3) is 0.429. The minimum absolute atomic E-state index is 0.00662. The Bertz CT molecular complexity index is 1340. The number of nitrogens with zero attached hydrogens (tertiary/aromatic N) is 5. The van der Waals surface area contributed by atoms with Gasteiger partial charge in [0.1, 0.15) is 11.5 Å². The first-order valence-corrected chi connectivity index (χ1v) is 13.2. The molecule has 2 amide bonds. The quantitative estimate of drug-likeness (QED) is 0.439. The first kappa shape index (κ1) is 25.7. The Labute approximate surface area is 221 Å². The fourth-order valence-corrected chi connectivity index (χ4v) is 4.77. The van der Waals surface area contributed by atoms with Gasteiger partial charge in [0.05, 0.1) is 5.56 Å². The zero-order valence-corrected chi connectivity index (χ0v) is 22.0. The molecular formula is C28H34N6O4. The van der Waals surface area contributed by atoms with Crippen molar-refractivity contribution in [3.8, 4) is 28.6 Å². The zero-order valence-electron chi connectivity index (χ0n) is 22.0. The van der Waals surface area contributed by atoms with E-state index in [0.717, 1.165) is 32.5 Å². The van der Waals surface area contributed by atoms with Crippen LogP contribution < -0.4 is 5.32 Å². The first-order chi connectivity index (χ1) is 18.3. The maximum atomic E-state index is 13.1. The van der Waals surface area contributed by atoms with Gasteiger partial charge in [-0.2, -0.15) is 0 Å². The maximum absolute atomic E-state index is 13.1. The van der Waals surface area contributed by atoms with E-state index in [-0.39, 0.29) is 46.9 Å². The van der Waals surface area contributed by atoms with E-state index >= 15 is 0 Å². The van der Waals surface area contributed by atoms with Crippen molar-refractivity contribution < 1.29 is 19.8 Å². The van der Waals surface area contributed by atoms with Crippen LogP contribution in [-0.4, -0.2) is 85.4 Å². The van der Waals surface area contributed by atoms with Crippen LogP contribution in [0.5, 0.6) is 11.5 Å². The molecule has 1 aliphatic heterocycles. The third kappa shape index (κ3) is 5.08. The van der Waals surface area contributed by atoms with Crippen molar-refractivity contribution in [2.24, 2.45) is 0 Å². The summed E-state index contributed by atoms with van der Waals surface area (Å²) >= 11 is 0. The van der Waals surface area contributed by atoms with Gasteiger partial charge in [-0.25, -0.2) is 0 Å². The lowest BCUT2D eigenvalue weighted by Gasteiger charge is -2.34. The summed E-state index contributed by atoms with van der Waals surface area (Å²) in [6.45, 7) is 10.1. The van der Waals surface area contributed by atoms with Crippen molar-refractivity contribution in [2.45, 2.75) is 45.6 Å². The molecule has 1 saturated carbocycles. The van der Waals surface area contributed by atoms with Gasteiger partial charge in [-0.1, -0.05) is 20.8 Å². The molecule has 38 heavy (non-hydrogen) atoms. The molecular weight excluding hydrogens is 484 g/mol. The largest absolute Gasteiger partial charge is 0.508 e. The SMILES string of the molecule is CCN1CCN(C(=O)c2ccc(-n3c(C(=O)NC4CC4)nnc3-c3cc(C(C)C)c(O)cc3O)cc2)CC1. The summed E-state index contributed by atoms with van der Waals surface area (Å²) in [6, 6.07) is 10.1. The van der Waals surface area contributed by atoms with Gasteiger partial charge in [0.2, 0.25) is 5.82 Å². The van der Waals surface area contributed by atoms with Crippen molar-refractivity contribution in [1.82, 2.24) is 29.9 Å². The number of amides is 2. The summed E-state index contributed by atoms with van der Waals surface area (Å²) in [4.78, 5) is 30.4. The van der Waals surface area contributed by atoms with Gasteiger partial charge < -0.3 is 25.3 Å². The Morgan fingerprint density at radius 1 is 1.00 bits per heavy atom. The topological polar surface area (TPSA) is 124 Å². The van der Waals surface area contributed by atoms with Crippen molar-refractivity contribution in [3.63, 3.8) is 0 Å². The van der Waals surface area contributed by atoms with Crippen LogP contribution in [0.15, 0.2) is 36.4 Å². The molecule has 5 rings (SSSR count). The molecule has 1 saturated heterocycles. The van der Waals surface area contributed by atoms with Crippen LogP contribution in [0, 0.1) is 0 Å². The smallest absolute Gasteiger partial charge is 0.289 e. The normalized spacial score (nSPS) is 16.2. The van der Waals surface area contributed by atoms with Crippen LogP contribution >= 0.6 is 0 Å². The Balaban J connectivity index is 1.51. The number of nitrogens with one attached hydrogen (secondary N) is 1. The molecule has 3 N–H and O–H groups in total. The summed E-state index contributed by atoms with van der Waals surface area (Å²) in [6.07, 6.45) is 1.85.